The van der Waals surface area contributed by atoms with Crippen molar-refractivity contribution in [2.45, 2.75) is 13.0 Å². The van der Waals surface area contributed by atoms with Crippen LogP contribution in [0.5, 0.6) is 17.2 Å². The van der Waals surface area contributed by atoms with Gasteiger partial charge < -0.3 is 20.3 Å². The number of primary amides is 1. The first-order valence-electron chi connectivity index (χ1n) is 6.45. The Morgan fingerprint density at radius 2 is 1.76 bits per heavy atom. The number of nitrogens with two attached hydrogens (primary N) is 1. The molecule has 0 spiro atoms. The van der Waals surface area contributed by atoms with Crippen molar-refractivity contribution in [3.8, 4) is 17.2 Å². The van der Waals surface area contributed by atoms with Gasteiger partial charge in [-0.15, -0.1) is 0 Å². The fourth-order valence-corrected chi connectivity index (χ4v) is 2.02. The fraction of sp³-hybridized carbons (Fsp3) is 0.188. The number of carbonyl (C=O) groups is 1. The van der Waals surface area contributed by atoms with Gasteiger partial charge in [0.15, 0.2) is 0 Å². The Balaban J connectivity index is 2.33. The lowest BCUT2D eigenvalue weighted by molar-refractivity contribution is 0.100. The van der Waals surface area contributed by atoms with Crippen LogP contribution in [0.2, 0.25) is 0 Å². The van der Waals surface area contributed by atoms with E-state index in [4.69, 9.17) is 15.2 Å². The highest BCUT2D eigenvalue weighted by molar-refractivity contribution is 5.92. The van der Waals surface area contributed by atoms with Crippen molar-refractivity contribution >= 4 is 5.91 Å². The molecule has 0 heterocycles. The summed E-state index contributed by atoms with van der Waals surface area (Å²) >= 11 is 0. The van der Waals surface area contributed by atoms with E-state index in [0.717, 1.165) is 0 Å². The van der Waals surface area contributed by atoms with Gasteiger partial charge in [-0.05, 0) is 43.3 Å². The van der Waals surface area contributed by atoms with Gasteiger partial charge >= 0.3 is 0 Å². The van der Waals surface area contributed by atoms with E-state index in [1.165, 1.54) is 7.11 Å². The summed E-state index contributed by atoms with van der Waals surface area (Å²) in [5, 5.41) is 9.89. The molecule has 5 heteroatoms. The lowest BCUT2D eigenvalue weighted by Gasteiger charge is -2.16. The Kier molecular flexibility index (Phi) is 4.45. The zero-order valence-electron chi connectivity index (χ0n) is 11.9. The lowest BCUT2D eigenvalue weighted by Crippen LogP contribution is -2.10. The van der Waals surface area contributed by atoms with Crippen LogP contribution in [-0.4, -0.2) is 18.1 Å². The molecule has 0 aliphatic carbocycles. The molecule has 0 radical (unpaired) electrons. The third-order valence-corrected chi connectivity index (χ3v) is 3.03. The van der Waals surface area contributed by atoms with Crippen molar-refractivity contribution in [1.82, 2.24) is 0 Å². The van der Waals surface area contributed by atoms with Gasteiger partial charge in [-0.3, -0.25) is 4.79 Å². The summed E-state index contributed by atoms with van der Waals surface area (Å²) in [5.74, 6) is 1.09. The molecule has 2 aromatic carbocycles. The maximum Gasteiger partial charge on any atom is 0.248 e. The van der Waals surface area contributed by atoms with Gasteiger partial charge in [-0.25, -0.2) is 0 Å². The van der Waals surface area contributed by atoms with Crippen molar-refractivity contribution in [3.05, 3.63) is 53.6 Å². The summed E-state index contributed by atoms with van der Waals surface area (Å²) in [4.78, 5) is 11.0. The zero-order valence-corrected chi connectivity index (χ0v) is 11.9. The van der Waals surface area contributed by atoms with E-state index in [9.17, 15) is 9.90 Å². The van der Waals surface area contributed by atoms with Gasteiger partial charge in [0, 0.05) is 5.56 Å². The van der Waals surface area contributed by atoms with E-state index in [0.29, 0.717) is 28.4 Å². The quantitative estimate of drug-likeness (QED) is 0.885. The standard InChI is InChI=1S/C16H17NO4/c1-10(18)15-13(20-2)4-3-5-14(15)21-12-8-6-11(7-9-12)16(17)19/h3-10,18H,1-2H3,(H2,17,19)/t10-/m1/s1. The Labute approximate surface area is 122 Å². The molecular formula is C16H17NO4. The number of methoxy groups -OCH3 is 1. The van der Waals surface area contributed by atoms with Crippen LogP contribution in [0.1, 0.15) is 28.9 Å². The minimum atomic E-state index is -0.735. The Morgan fingerprint density at radius 3 is 2.29 bits per heavy atom. The first-order valence-corrected chi connectivity index (χ1v) is 6.45. The van der Waals surface area contributed by atoms with Crippen molar-refractivity contribution in [2.75, 3.05) is 7.11 Å². The van der Waals surface area contributed by atoms with E-state index < -0.39 is 12.0 Å². The van der Waals surface area contributed by atoms with Crippen LogP contribution >= 0.6 is 0 Å². The Bertz CT molecular complexity index is 635. The van der Waals surface area contributed by atoms with Crippen LogP contribution in [-0.2, 0) is 0 Å². The first-order chi connectivity index (χ1) is 10.0. The van der Waals surface area contributed by atoms with Gasteiger partial charge in [0.05, 0.1) is 18.8 Å². The van der Waals surface area contributed by atoms with Crippen molar-refractivity contribution in [3.63, 3.8) is 0 Å². The zero-order chi connectivity index (χ0) is 15.4. The molecule has 0 saturated carbocycles. The largest absolute Gasteiger partial charge is 0.496 e. The van der Waals surface area contributed by atoms with E-state index >= 15 is 0 Å². The van der Waals surface area contributed by atoms with Gasteiger partial charge in [-0.1, -0.05) is 6.07 Å². The van der Waals surface area contributed by atoms with Crippen LogP contribution in [0.25, 0.3) is 0 Å². The smallest absolute Gasteiger partial charge is 0.248 e. The Hall–Kier alpha value is -2.53. The van der Waals surface area contributed by atoms with E-state index in [1.807, 2.05) is 0 Å². The molecule has 5 nitrogen and oxygen atoms in total. The highest BCUT2D eigenvalue weighted by Gasteiger charge is 2.16. The predicted molar refractivity (Wildman–Crippen MR) is 78.7 cm³/mol. The number of hydrogen-bond donors (Lipinski definition) is 2. The molecule has 21 heavy (non-hydrogen) atoms. The van der Waals surface area contributed by atoms with Gasteiger partial charge in [0.2, 0.25) is 5.91 Å². The monoisotopic (exact) mass is 287 g/mol. The molecule has 2 rings (SSSR count). The van der Waals surface area contributed by atoms with Crippen molar-refractivity contribution < 1.29 is 19.4 Å². The van der Waals surface area contributed by atoms with Crippen LogP contribution in [0, 0.1) is 0 Å². The van der Waals surface area contributed by atoms with E-state index in [2.05, 4.69) is 0 Å². The molecule has 0 fully saturated rings. The number of hydrogen-bond acceptors (Lipinski definition) is 4. The Morgan fingerprint density at radius 1 is 1.14 bits per heavy atom. The molecule has 0 aliphatic rings. The minimum absolute atomic E-state index is 0.406. The molecule has 0 aliphatic heterocycles. The molecule has 0 bridgehead atoms. The highest BCUT2D eigenvalue weighted by Crippen LogP contribution is 2.36. The third kappa shape index (κ3) is 3.32. The second-order valence-corrected chi connectivity index (χ2v) is 4.54. The number of aliphatic hydroxyl groups is 1. The van der Waals surface area contributed by atoms with Crippen molar-refractivity contribution in [1.29, 1.82) is 0 Å². The summed E-state index contributed by atoms with van der Waals surface area (Å²) < 4.78 is 11.0. The summed E-state index contributed by atoms with van der Waals surface area (Å²) in [6, 6.07) is 11.7. The molecule has 0 unspecified atom stereocenters. The lowest BCUT2D eigenvalue weighted by atomic mass is 10.1. The number of amides is 1. The topological polar surface area (TPSA) is 81.8 Å². The molecule has 1 atom stereocenters. The molecule has 110 valence electrons. The molecule has 0 aromatic heterocycles. The van der Waals surface area contributed by atoms with Gasteiger partial charge in [0.25, 0.3) is 0 Å². The molecule has 0 saturated heterocycles. The second-order valence-electron chi connectivity index (χ2n) is 4.54. The van der Waals surface area contributed by atoms with Crippen LogP contribution in [0.15, 0.2) is 42.5 Å². The first kappa shape index (κ1) is 14.9. The van der Waals surface area contributed by atoms with Crippen LogP contribution < -0.4 is 15.2 Å². The van der Waals surface area contributed by atoms with Crippen LogP contribution in [0.3, 0.4) is 0 Å². The third-order valence-electron chi connectivity index (χ3n) is 3.03. The number of benzene rings is 2. The average Bonchev–Trinajstić information content (AvgIpc) is 2.47. The summed E-state index contributed by atoms with van der Waals surface area (Å²) in [6.07, 6.45) is -0.735. The number of carbonyl (C=O) groups excluding carboxylic acids is 1. The molecule has 3 N–H and O–H groups in total. The minimum Gasteiger partial charge on any atom is -0.496 e. The number of ether oxygens (including phenoxy) is 2. The normalized spacial score (nSPS) is 11.8. The van der Waals surface area contributed by atoms with Gasteiger partial charge in [0.1, 0.15) is 17.2 Å². The molecule has 2 aromatic rings. The number of rotatable bonds is 5. The van der Waals surface area contributed by atoms with E-state index in [1.54, 1.807) is 49.4 Å². The SMILES string of the molecule is COc1cccc(Oc2ccc(C(N)=O)cc2)c1[C@@H](C)O. The molecule has 1 amide bonds. The fourth-order valence-electron chi connectivity index (χ4n) is 2.02. The van der Waals surface area contributed by atoms with Crippen molar-refractivity contribution in [2.24, 2.45) is 5.73 Å². The highest BCUT2D eigenvalue weighted by atomic mass is 16.5. The summed E-state index contributed by atoms with van der Waals surface area (Å²) in [7, 11) is 1.53. The summed E-state index contributed by atoms with van der Waals surface area (Å²) in [5.41, 5.74) is 6.16. The van der Waals surface area contributed by atoms with E-state index in [-0.39, 0.29) is 0 Å². The molecular weight excluding hydrogens is 270 g/mol. The van der Waals surface area contributed by atoms with Gasteiger partial charge in [-0.2, -0.15) is 0 Å². The predicted octanol–water partition coefficient (Wildman–Crippen LogP) is 2.64. The number of aliphatic hydroxyl groups excluding tert-OH is 1. The second kappa shape index (κ2) is 6.28. The maximum atomic E-state index is 11.0. The average molecular weight is 287 g/mol. The van der Waals surface area contributed by atoms with Crippen LogP contribution in [0.4, 0.5) is 0 Å². The summed E-state index contributed by atoms with van der Waals surface area (Å²) in [6.45, 7) is 1.64. The maximum absolute atomic E-state index is 11.0.